The Bertz CT molecular complexity index is 1410. The lowest BCUT2D eigenvalue weighted by Crippen LogP contribution is -2.37. The van der Waals surface area contributed by atoms with Crippen molar-refractivity contribution < 1.29 is 42.1 Å². The molecule has 0 aliphatic rings. The summed E-state index contributed by atoms with van der Waals surface area (Å²) in [5.41, 5.74) is 0. The summed E-state index contributed by atoms with van der Waals surface area (Å²) in [4.78, 5) is 35.7. The Morgan fingerprint density at radius 2 is 0.814 bits per heavy atom. The van der Waals surface area contributed by atoms with E-state index in [1.165, 1.54) is 141 Å². The first kappa shape index (κ1) is 67.5. The third-order valence-electron chi connectivity index (χ3n) is 12.2. The number of quaternary nitrogens is 1. The SMILES string of the molecule is CC/C=C\C/C=C\C/C=C\C/C=C\C/C=C\CCCCCCCCCCCCCC(=O)OC(COC(=O)CCCCCCCCCCC/C=C\CCCCCCCC)COP(=O)(O)OCC[N+](C)(C)C. The molecular weight excluding hydrogens is 894 g/mol. The van der Waals surface area contributed by atoms with Gasteiger partial charge in [0, 0.05) is 12.8 Å². The number of unbranched alkanes of at least 4 members (excludes halogenated alkanes) is 26. The molecule has 0 heterocycles. The third kappa shape index (κ3) is 54.8. The van der Waals surface area contributed by atoms with Crippen molar-refractivity contribution in [2.75, 3.05) is 47.5 Å². The van der Waals surface area contributed by atoms with Gasteiger partial charge < -0.3 is 18.9 Å². The van der Waals surface area contributed by atoms with E-state index in [0.29, 0.717) is 17.4 Å². The number of allylic oxidation sites excluding steroid dienone is 12. The number of phosphoric ester groups is 1. The van der Waals surface area contributed by atoms with Gasteiger partial charge in [-0.3, -0.25) is 18.6 Å². The van der Waals surface area contributed by atoms with E-state index in [1.807, 2.05) is 21.1 Å². The number of nitrogens with zero attached hydrogens (tertiary/aromatic N) is 1. The quantitative estimate of drug-likeness (QED) is 0.0211. The summed E-state index contributed by atoms with van der Waals surface area (Å²) < 4.78 is 34.6. The topological polar surface area (TPSA) is 108 Å². The molecular formula is C60H109NO8P+. The summed E-state index contributed by atoms with van der Waals surface area (Å²) in [6.45, 7) is 4.33. The van der Waals surface area contributed by atoms with Gasteiger partial charge in [-0.15, -0.1) is 0 Å². The van der Waals surface area contributed by atoms with E-state index >= 15 is 0 Å². The number of hydrogen-bond donors (Lipinski definition) is 1. The molecule has 0 saturated carbocycles. The average molecular weight is 1000 g/mol. The van der Waals surface area contributed by atoms with Crippen LogP contribution in [0.4, 0.5) is 0 Å². The monoisotopic (exact) mass is 1000 g/mol. The lowest BCUT2D eigenvalue weighted by atomic mass is 10.0. The number of likely N-dealkylation sites (N-methyl/N-ethyl adjacent to an activating group) is 1. The van der Waals surface area contributed by atoms with Crippen molar-refractivity contribution in [3.05, 3.63) is 72.9 Å². The van der Waals surface area contributed by atoms with Crippen LogP contribution in [0.2, 0.25) is 0 Å². The predicted octanol–water partition coefficient (Wildman–Crippen LogP) is 17.7. The molecule has 0 aromatic carbocycles. The number of rotatable bonds is 52. The second-order valence-corrected chi connectivity index (χ2v) is 21.7. The molecule has 406 valence electrons. The van der Waals surface area contributed by atoms with Crippen molar-refractivity contribution in [1.82, 2.24) is 0 Å². The lowest BCUT2D eigenvalue weighted by Gasteiger charge is -2.24. The van der Waals surface area contributed by atoms with Gasteiger partial charge in [0.15, 0.2) is 6.10 Å². The molecule has 0 aliphatic heterocycles. The van der Waals surface area contributed by atoms with Crippen LogP contribution in [0.3, 0.4) is 0 Å². The van der Waals surface area contributed by atoms with Gasteiger partial charge in [-0.1, -0.05) is 222 Å². The molecule has 70 heavy (non-hydrogen) atoms. The van der Waals surface area contributed by atoms with E-state index in [1.54, 1.807) is 0 Å². The highest BCUT2D eigenvalue weighted by atomic mass is 31.2. The van der Waals surface area contributed by atoms with Crippen LogP contribution in [-0.4, -0.2) is 74.9 Å². The first-order valence-corrected chi connectivity index (χ1v) is 30.2. The molecule has 10 heteroatoms. The van der Waals surface area contributed by atoms with E-state index in [2.05, 4.69) is 86.8 Å². The summed E-state index contributed by atoms with van der Waals surface area (Å²) in [5.74, 6) is -0.800. The minimum absolute atomic E-state index is 0.0287. The maximum absolute atomic E-state index is 12.8. The Hall–Kier alpha value is -2.55. The molecule has 0 aromatic heterocycles. The molecule has 0 fully saturated rings. The molecule has 9 nitrogen and oxygen atoms in total. The molecule has 0 aliphatic carbocycles. The van der Waals surface area contributed by atoms with Gasteiger partial charge in [0.25, 0.3) is 0 Å². The van der Waals surface area contributed by atoms with Crippen molar-refractivity contribution in [1.29, 1.82) is 0 Å². The highest BCUT2D eigenvalue weighted by Crippen LogP contribution is 2.43. The second-order valence-electron chi connectivity index (χ2n) is 20.3. The smallest absolute Gasteiger partial charge is 0.462 e. The van der Waals surface area contributed by atoms with Gasteiger partial charge in [-0.2, -0.15) is 0 Å². The van der Waals surface area contributed by atoms with Crippen molar-refractivity contribution in [3.63, 3.8) is 0 Å². The molecule has 2 atom stereocenters. The van der Waals surface area contributed by atoms with Crippen LogP contribution in [-0.2, 0) is 32.7 Å². The van der Waals surface area contributed by atoms with E-state index < -0.39 is 26.5 Å². The number of carbonyl (C=O) groups excluding carboxylic acids is 2. The lowest BCUT2D eigenvalue weighted by molar-refractivity contribution is -0.870. The van der Waals surface area contributed by atoms with Gasteiger partial charge in [0.1, 0.15) is 19.8 Å². The number of ether oxygens (including phenoxy) is 2. The van der Waals surface area contributed by atoms with Gasteiger partial charge in [0.05, 0.1) is 27.7 Å². The number of esters is 2. The van der Waals surface area contributed by atoms with Gasteiger partial charge in [-0.05, 0) is 83.5 Å². The Kier molecular flexibility index (Phi) is 49.5. The molecule has 0 amide bonds. The molecule has 0 saturated heterocycles. The highest BCUT2D eigenvalue weighted by Gasteiger charge is 2.27. The zero-order chi connectivity index (χ0) is 51.3. The fraction of sp³-hybridized carbons (Fsp3) is 0.767. The fourth-order valence-electron chi connectivity index (χ4n) is 7.80. The van der Waals surface area contributed by atoms with E-state index in [9.17, 15) is 19.0 Å². The number of hydrogen-bond acceptors (Lipinski definition) is 7. The zero-order valence-electron chi connectivity index (χ0n) is 46.0. The Morgan fingerprint density at radius 3 is 1.23 bits per heavy atom. The van der Waals surface area contributed by atoms with Gasteiger partial charge >= 0.3 is 19.8 Å². The number of carbonyl (C=O) groups is 2. The highest BCUT2D eigenvalue weighted by molar-refractivity contribution is 7.47. The minimum atomic E-state index is -4.39. The van der Waals surface area contributed by atoms with Crippen LogP contribution in [0.1, 0.15) is 245 Å². The molecule has 2 unspecified atom stereocenters. The first-order valence-electron chi connectivity index (χ1n) is 28.7. The minimum Gasteiger partial charge on any atom is -0.462 e. The normalized spacial score (nSPS) is 13.9. The number of phosphoric acid groups is 1. The molecule has 0 rings (SSSR count). The Labute approximate surface area is 431 Å². The maximum Gasteiger partial charge on any atom is 0.472 e. The summed E-state index contributed by atoms with van der Waals surface area (Å²) in [6, 6.07) is 0. The van der Waals surface area contributed by atoms with E-state index in [4.69, 9.17) is 18.5 Å². The first-order chi connectivity index (χ1) is 34.0. The molecule has 0 bridgehead atoms. The average Bonchev–Trinajstić information content (AvgIpc) is 3.32. The zero-order valence-corrected chi connectivity index (χ0v) is 46.9. The predicted molar refractivity (Wildman–Crippen MR) is 298 cm³/mol. The van der Waals surface area contributed by atoms with Crippen LogP contribution in [0.5, 0.6) is 0 Å². The second kappa shape index (κ2) is 51.4. The van der Waals surface area contributed by atoms with Crippen molar-refractivity contribution in [2.24, 2.45) is 0 Å². The molecule has 0 radical (unpaired) electrons. The molecule has 1 N–H and O–H groups in total. The van der Waals surface area contributed by atoms with E-state index in [0.717, 1.165) is 70.6 Å². The summed E-state index contributed by atoms with van der Waals surface area (Å²) in [7, 11) is 1.47. The molecule has 0 spiro atoms. The summed E-state index contributed by atoms with van der Waals surface area (Å²) in [5, 5.41) is 0. The van der Waals surface area contributed by atoms with Crippen molar-refractivity contribution in [2.45, 2.75) is 251 Å². The van der Waals surface area contributed by atoms with Crippen LogP contribution >= 0.6 is 7.82 Å². The van der Waals surface area contributed by atoms with Crippen LogP contribution in [0.15, 0.2) is 72.9 Å². The van der Waals surface area contributed by atoms with Crippen LogP contribution in [0.25, 0.3) is 0 Å². The van der Waals surface area contributed by atoms with Gasteiger partial charge in [0.2, 0.25) is 0 Å². The molecule has 0 aromatic rings. The fourth-order valence-corrected chi connectivity index (χ4v) is 8.54. The Morgan fingerprint density at radius 1 is 0.457 bits per heavy atom. The standard InChI is InChI=1S/C60H108NO8P/c1-6-8-10-12-14-16-18-20-22-24-26-27-28-29-30-31-32-33-35-37-39-41-43-45-47-49-51-53-60(63)69-58(57-68-70(64,65)67-55-54-61(3,4)5)56-66-59(62)52-50-48-46-44-42-40-38-36-34-25-23-21-19-17-15-13-11-9-7-2/h8,10,14,16,20-23,26-27,29-30,58H,6-7,9,11-13,15,17-19,24-25,28,31-57H2,1-5H3/p+1/b10-8-,16-14-,22-20-,23-21-,27-26-,30-29-. The largest absolute Gasteiger partial charge is 0.472 e. The van der Waals surface area contributed by atoms with Crippen molar-refractivity contribution >= 4 is 19.8 Å². The van der Waals surface area contributed by atoms with Crippen LogP contribution < -0.4 is 0 Å². The maximum atomic E-state index is 12.8. The van der Waals surface area contributed by atoms with E-state index in [-0.39, 0.29) is 32.0 Å². The summed E-state index contributed by atoms with van der Waals surface area (Å²) >= 11 is 0. The Balaban J connectivity index is 4.18. The third-order valence-corrected chi connectivity index (χ3v) is 13.2. The van der Waals surface area contributed by atoms with Crippen molar-refractivity contribution in [3.8, 4) is 0 Å². The summed E-state index contributed by atoms with van der Waals surface area (Å²) in [6.07, 6.45) is 66.7. The van der Waals surface area contributed by atoms with Gasteiger partial charge in [-0.25, -0.2) is 4.57 Å². The van der Waals surface area contributed by atoms with Crippen LogP contribution in [0, 0.1) is 0 Å².